The number of hydrogen-bond acceptors (Lipinski definition) is 1. The molecule has 17 heavy (non-hydrogen) atoms. The van der Waals surface area contributed by atoms with Crippen LogP contribution >= 0.6 is 11.6 Å². The molecule has 0 aliphatic heterocycles. The molecule has 0 radical (unpaired) electrons. The Hall–Kier alpha value is -1.61. The second-order valence-corrected chi connectivity index (χ2v) is 3.85. The van der Waals surface area contributed by atoms with Crippen molar-refractivity contribution in [2.45, 2.75) is 5.88 Å². The summed E-state index contributed by atoms with van der Waals surface area (Å²) < 4.78 is 26.5. The van der Waals surface area contributed by atoms with E-state index >= 15 is 0 Å². The highest BCUT2D eigenvalue weighted by Gasteiger charge is 2.04. The van der Waals surface area contributed by atoms with Crippen molar-refractivity contribution in [2.75, 3.05) is 5.32 Å². The van der Waals surface area contributed by atoms with Gasteiger partial charge in [0.25, 0.3) is 0 Å². The van der Waals surface area contributed by atoms with Crippen LogP contribution in [0.15, 0.2) is 42.5 Å². The lowest BCUT2D eigenvalue weighted by molar-refractivity contribution is 0.626. The molecule has 0 aliphatic carbocycles. The van der Waals surface area contributed by atoms with Crippen LogP contribution in [-0.4, -0.2) is 0 Å². The normalized spacial score (nSPS) is 10.3. The third-order valence-corrected chi connectivity index (χ3v) is 2.60. The number of alkyl halides is 1. The van der Waals surface area contributed by atoms with E-state index in [1.807, 2.05) is 0 Å². The van der Waals surface area contributed by atoms with Gasteiger partial charge in [-0.1, -0.05) is 12.1 Å². The summed E-state index contributed by atoms with van der Waals surface area (Å²) in [6, 6.07) is 10.4. The van der Waals surface area contributed by atoms with Gasteiger partial charge in [-0.15, -0.1) is 11.6 Å². The maximum absolute atomic E-state index is 13.5. The highest BCUT2D eigenvalue weighted by molar-refractivity contribution is 6.17. The molecule has 1 N–H and O–H groups in total. The summed E-state index contributed by atoms with van der Waals surface area (Å²) in [7, 11) is 0. The first-order chi connectivity index (χ1) is 8.19. The van der Waals surface area contributed by atoms with Crippen molar-refractivity contribution in [1.82, 2.24) is 0 Å². The molecular weight excluding hydrogens is 244 g/mol. The molecule has 0 spiro atoms. The average Bonchev–Trinajstić information content (AvgIpc) is 2.32. The highest BCUT2D eigenvalue weighted by Crippen LogP contribution is 2.22. The maximum atomic E-state index is 13.5. The number of anilines is 2. The Kier molecular flexibility index (Phi) is 3.59. The Morgan fingerprint density at radius 3 is 2.59 bits per heavy atom. The van der Waals surface area contributed by atoms with E-state index in [1.54, 1.807) is 24.3 Å². The molecule has 2 aromatic rings. The van der Waals surface area contributed by atoms with Gasteiger partial charge in [-0.2, -0.15) is 0 Å². The summed E-state index contributed by atoms with van der Waals surface area (Å²) in [5.74, 6) is -0.468. The van der Waals surface area contributed by atoms with Crippen LogP contribution in [-0.2, 0) is 5.88 Å². The van der Waals surface area contributed by atoms with Crippen molar-refractivity contribution in [3.8, 4) is 0 Å². The Bertz CT molecular complexity index is 529. The van der Waals surface area contributed by atoms with E-state index in [1.165, 1.54) is 18.2 Å². The lowest BCUT2D eigenvalue weighted by Crippen LogP contribution is -1.95. The summed E-state index contributed by atoms with van der Waals surface area (Å²) in [5, 5.41) is 2.81. The molecule has 0 bridgehead atoms. The SMILES string of the molecule is Fc1cccc(Nc2cc(CCl)ccc2F)c1. The van der Waals surface area contributed by atoms with Gasteiger partial charge in [0, 0.05) is 11.6 Å². The Morgan fingerprint density at radius 2 is 1.88 bits per heavy atom. The molecule has 2 rings (SSSR count). The number of nitrogens with one attached hydrogen (secondary N) is 1. The summed E-state index contributed by atoms with van der Waals surface area (Å²) in [4.78, 5) is 0. The van der Waals surface area contributed by atoms with E-state index in [0.717, 1.165) is 5.56 Å². The van der Waals surface area contributed by atoms with Crippen LogP contribution in [0.3, 0.4) is 0 Å². The molecule has 2 aromatic carbocycles. The molecule has 0 saturated carbocycles. The van der Waals surface area contributed by atoms with Gasteiger partial charge in [-0.3, -0.25) is 0 Å². The van der Waals surface area contributed by atoms with Crippen molar-refractivity contribution in [1.29, 1.82) is 0 Å². The minimum atomic E-state index is -0.400. The number of rotatable bonds is 3. The summed E-state index contributed by atoms with van der Waals surface area (Å²) in [5.41, 5.74) is 1.58. The van der Waals surface area contributed by atoms with Crippen LogP contribution in [0, 0.1) is 11.6 Å². The van der Waals surface area contributed by atoms with Gasteiger partial charge in [-0.25, -0.2) is 8.78 Å². The van der Waals surface area contributed by atoms with Crippen LogP contribution < -0.4 is 5.32 Å². The van der Waals surface area contributed by atoms with Crippen LogP contribution in [0.1, 0.15) is 5.56 Å². The number of halogens is 3. The van der Waals surface area contributed by atoms with Crippen LogP contribution in [0.25, 0.3) is 0 Å². The zero-order valence-corrected chi connectivity index (χ0v) is 9.64. The van der Waals surface area contributed by atoms with Crippen molar-refractivity contribution in [3.05, 3.63) is 59.7 Å². The van der Waals surface area contributed by atoms with Gasteiger partial charge >= 0.3 is 0 Å². The number of hydrogen-bond donors (Lipinski definition) is 1. The fourth-order valence-corrected chi connectivity index (χ4v) is 1.64. The number of benzene rings is 2. The standard InChI is InChI=1S/C13H10ClF2N/c14-8-9-4-5-12(16)13(6-9)17-11-3-1-2-10(15)7-11/h1-7,17H,8H2. The fraction of sp³-hybridized carbons (Fsp3) is 0.0769. The topological polar surface area (TPSA) is 12.0 Å². The molecule has 0 unspecified atom stereocenters. The first-order valence-corrected chi connectivity index (χ1v) is 5.59. The van der Waals surface area contributed by atoms with Crippen molar-refractivity contribution >= 4 is 23.0 Å². The predicted octanol–water partition coefficient (Wildman–Crippen LogP) is 4.45. The molecule has 0 heterocycles. The molecule has 0 atom stereocenters. The Labute approximate surface area is 103 Å². The Balaban J connectivity index is 2.29. The van der Waals surface area contributed by atoms with Crippen molar-refractivity contribution in [2.24, 2.45) is 0 Å². The largest absolute Gasteiger partial charge is 0.353 e. The lowest BCUT2D eigenvalue weighted by atomic mass is 10.2. The van der Waals surface area contributed by atoms with E-state index in [-0.39, 0.29) is 11.5 Å². The fourth-order valence-electron chi connectivity index (χ4n) is 1.47. The second-order valence-electron chi connectivity index (χ2n) is 3.58. The molecule has 0 aliphatic rings. The minimum absolute atomic E-state index is 0.286. The predicted molar refractivity (Wildman–Crippen MR) is 65.6 cm³/mol. The third-order valence-electron chi connectivity index (χ3n) is 2.29. The van der Waals surface area contributed by atoms with E-state index in [0.29, 0.717) is 11.6 Å². The minimum Gasteiger partial charge on any atom is -0.353 e. The molecule has 1 nitrogen and oxygen atoms in total. The first-order valence-electron chi connectivity index (χ1n) is 5.06. The molecule has 0 saturated heterocycles. The average molecular weight is 254 g/mol. The molecule has 4 heteroatoms. The van der Waals surface area contributed by atoms with Crippen molar-refractivity contribution in [3.63, 3.8) is 0 Å². The quantitative estimate of drug-likeness (QED) is 0.797. The van der Waals surface area contributed by atoms with Gasteiger partial charge in [0.2, 0.25) is 0 Å². The third kappa shape index (κ3) is 2.94. The van der Waals surface area contributed by atoms with Gasteiger partial charge < -0.3 is 5.32 Å². The molecule has 88 valence electrons. The molecular formula is C13H10ClF2N. The summed E-state index contributed by atoms with van der Waals surface area (Å²) in [6.07, 6.45) is 0. The smallest absolute Gasteiger partial charge is 0.146 e. The van der Waals surface area contributed by atoms with E-state index < -0.39 is 5.82 Å². The van der Waals surface area contributed by atoms with Crippen LogP contribution in [0.5, 0.6) is 0 Å². The summed E-state index contributed by atoms with van der Waals surface area (Å²) in [6.45, 7) is 0. The molecule has 0 amide bonds. The highest BCUT2D eigenvalue weighted by atomic mass is 35.5. The van der Waals surface area contributed by atoms with Gasteiger partial charge in [0.1, 0.15) is 11.6 Å². The van der Waals surface area contributed by atoms with Crippen LogP contribution in [0.4, 0.5) is 20.2 Å². The van der Waals surface area contributed by atoms with E-state index in [4.69, 9.17) is 11.6 Å². The Morgan fingerprint density at radius 1 is 1.06 bits per heavy atom. The van der Waals surface area contributed by atoms with E-state index in [9.17, 15) is 8.78 Å². The molecule has 0 aromatic heterocycles. The first kappa shape index (κ1) is 11.9. The molecule has 0 fully saturated rings. The van der Waals surface area contributed by atoms with E-state index in [2.05, 4.69) is 5.32 Å². The van der Waals surface area contributed by atoms with Gasteiger partial charge in [0.15, 0.2) is 0 Å². The lowest BCUT2D eigenvalue weighted by Gasteiger charge is -2.08. The van der Waals surface area contributed by atoms with Gasteiger partial charge in [0.05, 0.1) is 5.69 Å². The summed E-state index contributed by atoms with van der Waals surface area (Å²) >= 11 is 5.67. The van der Waals surface area contributed by atoms with Crippen molar-refractivity contribution < 1.29 is 8.78 Å². The second kappa shape index (κ2) is 5.15. The van der Waals surface area contributed by atoms with Crippen LogP contribution in [0.2, 0.25) is 0 Å². The maximum Gasteiger partial charge on any atom is 0.146 e. The zero-order valence-electron chi connectivity index (χ0n) is 8.88. The monoisotopic (exact) mass is 253 g/mol. The zero-order chi connectivity index (χ0) is 12.3. The van der Waals surface area contributed by atoms with Gasteiger partial charge in [-0.05, 0) is 35.9 Å².